The van der Waals surface area contributed by atoms with Crippen molar-refractivity contribution in [2.45, 2.75) is 18.9 Å². The summed E-state index contributed by atoms with van der Waals surface area (Å²) in [6.45, 7) is 1.32. The molecule has 1 saturated heterocycles. The quantitative estimate of drug-likeness (QED) is 0.878. The predicted octanol–water partition coefficient (Wildman–Crippen LogP) is 2.66. The molecule has 1 aromatic carbocycles. The first-order chi connectivity index (χ1) is 12.2. The molecule has 8 nitrogen and oxygen atoms in total. The Morgan fingerprint density at radius 3 is 2.88 bits per heavy atom. The molecular weight excluding hydrogens is 324 g/mol. The first-order valence-electron chi connectivity index (χ1n) is 7.77. The van der Waals surface area contributed by atoms with Crippen molar-refractivity contribution in [2.24, 2.45) is 0 Å². The SMILES string of the molecule is N#Cc1cc(-c2ccnc(NC(=O)O)n2)ccc1OC1CCOCC1. The number of carbonyl (C=O) groups is 1. The molecule has 0 unspecified atom stereocenters. The van der Waals surface area contributed by atoms with E-state index >= 15 is 0 Å². The average Bonchev–Trinajstić information content (AvgIpc) is 2.62. The van der Waals surface area contributed by atoms with Gasteiger partial charge < -0.3 is 14.6 Å². The first-order valence-corrected chi connectivity index (χ1v) is 7.77. The molecule has 0 radical (unpaired) electrons. The molecule has 2 heterocycles. The number of ether oxygens (including phenoxy) is 2. The summed E-state index contributed by atoms with van der Waals surface area (Å²) in [7, 11) is 0. The first kappa shape index (κ1) is 16.7. The van der Waals surface area contributed by atoms with Crippen LogP contribution in [0.3, 0.4) is 0 Å². The van der Waals surface area contributed by atoms with Gasteiger partial charge in [0.25, 0.3) is 0 Å². The molecule has 25 heavy (non-hydrogen) atoms. The lowest BCUT2D eigenvalue weighted by Gasteiger charge is -2.23. The van der Waals surface area contributed by atoms with Crippen LogP contribution in [0.1, 0.15) is 18.4 Å². The highest BCUT2D eigenvalue weighted by molar-refractivity contribution is 5.80. The van der Waals surface area contributed by atoms with Crippen LogP contribution in [0.5, 0.6) is 5.75 Å². The monoisotopic (exact) mass is 340 g/mol. The smallest absolute Gasteiger partial charge is 0.411 e. The third kappa shape index (κ3) is 4.22. The molecule has 1 amide bonds. The van der Waals surface area contributed by atoms with Gasteiger partial charge in [0.15, 0.2) is 0 Å². The zero-order valence-corrected chi connectivity index (χ0v) is 13.3. The number of nitriles is 1. The van der Waals surface area contributed by atoms with E-state index in [0.29, 0.717) is 35.8 Å². The highest BCUT2D eigenvalue weighted by atomic mass is 16.5. The van der Waals surface area contributed by atoms with Gasteiger partial charge in [-0.2, -0.15) is 5.26 Å². The number of anilines is 1. The van der Waals surface area contributed by atoms with Gasteiger partial charge in [0.05, 0.1) is 24.5 Å². The molecule has 8 heteroatoms. The summed E-state index contributed by atoms with van der Waals surface area (Å²) in [6.07, 6.45) is 1.84. The van der Waals surface area contributed by atoms with Crippen LogP contribution in [0.4, 0.5) is 10.7 Å². The number of hydrogen-bond acceptors (Lipinski definition) is 6. The van der Waals surface area contributed by atoms with E-state index in [9.17, 15) is 10.1 Å². The molecule has 0 bridgehead atoms. The Bertz CT molecular complexity index is 813. The van der Waals surface area contributed by atoms with Crippen molar-refractivity contribution in [2.75, 3.05) is 18.5 Å². The Morgan fingerprint density at radius 2 is 2.16 bits per heavy atom. The van der Waals surface area contributed by atoms with Crippen LogP contribution in [-0.2, 0) is 4.74 Å². The molecule has 1 aliphatic heterocycles. The highest BCUT2D eigenvalue weighted by Gasteiger charge is 2.17. The van der Waals surface area contributed by atoms with Crippen molar-refractivity contribution in [3.05, 3.63) is 36.0 Å². The summed E-state index contributed by atoms with van der Waals surface area (Å²) in [6, 6.07) is 8.95. The standard InChI is InChI=1S/C17H16N4O4/c18-10-12-9-11(14-3-6-19-16(20-14)21-17(22)23)1-2-15(12)25-13-4-7-24-8-5-13/h1-3,6,9,13H,4-5,7-8H2,(H,22,23)(H,19,20,21). The maximum atomic E-state index is 10.7. The molecule has 0 spiro atoms. The van der Waals surface area contributed by atoms with Gasteiger partial charge in [0.1, 0.15) is 17.9 Å². The van der Waals surface area contributed by atoms with Gasteiger partial charge in [-0.15, -0.1) is 0 Å². The van der Waals surface area contributed by atoms with E-state index in [0.717, 1.165) is 12.8 Å². The number of rotatable bonds is 4. The summed E-state index contributed by atoms with van der Waals surface area (Å²) in [5.41, 5.74) is 1.58. The molecule has 0 atom stereocenters. The molecule has 1 aliphatic rings. The van der Waals surface area contributed by atoms with Crippen LogP contribution in [0.15, 0.2) is 30.5 Å². The van der Waals surface area contributed by atoms with E-state index in [2.05, 4.69) is 21.4 Å². The lowest BCUT2D eigenvalue weighted by molar-refractivity contribution is 0.0254. The lowest BCUT2D eigenvalue weighted by Crippen LogP contribution is -2.26. The Labute approximate surface area is 144 Å². The molecule has 0 aliphatic carbocycles. The molecular formula is C17H16N4O4. The number of benzene rings is 1. The van der Waals surface area contributed by atoms with E-state index in [1.807, 2.05) is 0 Å². The molecule has 2 N–H and O–H groups in total. The van der Waals surface area contributed by atoms with Gasteiger partial charge >= 0.3 is 6.09 Å². The topological polar surface area (TPSA) is 117 Å². The number of amides is 1. The largest absolute Gasteiger partial charge is 0.489 e. The van der Waals surface area contributed by atoms with E-state index in [-0.39, 0.29) is 12.1 Å². The van der Waals surface area contributed by atoms with Crippen molar-refractivity contribution < 1.29 is 19.4 Å². The predicted molar refractivity (Wildman–Crippen MR) is 88.3 cm³/mol. The van der Waals surface area contributed by atoms with Gasteiger partial charge in [-0.3, -0.25) is 5.32 Å². The molecule has 3 rings (SSSR count). The number of hydrogen-bond donors (Lipinski definition) is 2. The maximum absolute atomic E-state index is 10.7. The second kappa shape index (κ2) is 7.59. The van der Waals surface area contributed by atoms with Crippen LogP contribution in [0.2, 0.25) is 0 Å². The third-order valence-corrected chi connectivity index (χ3v) is 3.73. The Balaban J connectivity index is 1.84. The van der Waals surface area contributed by atoms with Crippen molar-refractivity contribution >= 4 is 12.0 Å². The minimum atomic E-state index is -1.24. The molecule has 2 aromatic rings. The summed E-state index contributed by atoms with van der Waals surface area (Å²) in [5, 5.41) is 20.3. The van der Waals surface area contributed by atoms with Crippen LogP contribution in [0, 0.1) is 11.3 Å². The Kier molecular flexibility index (Phi) is 5.06. The van der Waals surface area contributed by atoms with Crippen molar-refractivity contribution in [3.63, 3.8) is 0 Å². The van der Waals surface area contributed by atoms with E-state index in [1.54, 1.807) is 24.3 Å². The fourth-order valence-corrected chi connectivity index (χ4v) is 2.53. The molecule has 128 valence electrons. The van der Waals surface area contributed by atoms with E-state index < -0.39 is 6.09 Å². The number of aromatic nitrogens is 2. The third-order valence-electron chi connectivity index (χ3n) is 3.73. The van der Waals surface area contributed by atoms with Crippen molar-refractivity contribution in [1.82, 2.24) is 9.97 Å². The average molecular weight is 340 g/mol. The number of nitrogens with zero attached hydrogens (tertiary/aromatic N) is 3. The molecule has 1 aromatic heterocycles. The lowest BCUT2D eigenvalue weighted by atomic mass is 10.1. The van der Waals surface area contributed by atoms with Crippen molar-refractivity contribution in [3.8, 4) is 23.1 Å². The summed E-state index contributed by atoms with van der Waals surface area (Å²) < 4.78 is 11.2. The highest BCUT2D eigenvalue weighted by Crippen LogP contribution is 2.27. The minimum Gasteiger partial charge on any atom is -0.489 e. The van der Waals surface area contributed by atoms with Crippen molar-refractivity contribution in [1.29, 1.82) is 5.26 Å². The van der Waals surface area contributed by atoms with Gasteiger partial charge in [0.2, 0.25) is 5.95 Å². The zero-order chi connectivity index (χ0) is 17.6. The van der Waals surface area contributed by atoms with Gasteiger partial charge in [-0.05, 0) is 24.3 Å². The minimum absolute atomic E-state index is 0.0222. The van der Waals surface area contributed by atoms with Gasteiger partial charge in [0, 0.05) is 24.6 Å². The molecule has 1 fully saturated rings. The number of carboxylic acid groups (broad SMARTS) is 1. The van der Waals surface area contributed by atoms with Crippen LogP contribution < -0.4 is 10.1 Å². The summed E-state index contributed by atoms with van der Waals surface area (Å²) in [4.78, 5) is 18.7. The fourth-order valence-electron chi connectivity index (χ4n) is 2.53. The second-order valence-corrected chi connectivity index (χ2v) is 5.45. The van der Waals surface area contributed by atoms with E-state index in [1.165, 1.54) is 6.20 Å². The normalized spacial score (nSPS) is 14.5. The zero-order valence-electron chi connectivity index (χ0n) is 13.3. The fraction of sp³-hybridized carbons (Fsp3) is 0.294. The maximum Gasteiger partial charge on any atom is 0.411 e. The van der Waals surface area contributed by atoms with Gasteiger partial charge in [-0.25, -0.2) is 14.8 Å². The Morgan fingerprint density at radius 1 is 1.36 bits per heavy atom. The molecule has 0 saturated carbocycles. The second-order valence-electron chi connectivity index (χ2n) is 5.45. The van der Waals surface area contributed by atoms with Crippen LogP contribution >= 0.6 is 0 Å². The summed E-state index contributed by atoms with van der Waals surface area (Å²) in [5.74, 6) is 0.502. The van der Waals surface area contributed by atoms with Crippen LogP contribution in [0.25, 0.3) is 11.3 Å². The van der Waals surface area contributed by atoms with E-state index in [4.69, 9.17) is 14.6 Å². The summed E-state index contributed by atoms with van der Waals surface area (Å²) >= 11 is 0. The number of nitrogens with one attached hydrogen (secondary N) is 1. The van der Waals surface area contributed by atoms with Crippen LogP contribution in [-0.4, -0.2) is 40.5 Å². The van der Waals surface area contributed by atoms with Gasteiger partial charge in [-0.1, -0.05) is 0 Å². The Hall–Kier alpha value is -3.18.